The number of nitrogen functional groups attached to an aromatic ring is 1. The van der Waals surface area contributed by atoms with E-state index >= 15 is 0 Å². The lowest BCUT2D eigenvalue weighted by Gasteiger charge is -2.13. The van der Waals surface area contributed by atoms with Gasteiger partial charge in [-0.25, -0.2) is 8.42 Å². The Morgan fingerprint density at radius 2 is 1.65 bits per heavy atom. The van der Waals surface area contributed by atoms with Gasteiger partial charge >= 0.3 is 0 Å². The lowest BCUT2D eigenvalue weighted by molar-refractivity contribution is 0.601. The van der Waals surface area contributed by atoms with Gasteiger partial charge in [0, 0.05) is 5.02 Å². The maximum Gasteiger partial charge on any atom is 0.265 e. The second kappa shape index (κ2) is 5.52. The fourth-order valence-electron chi connectivity index (χ4n) is 1.72. The van der Waals surface area contributed by atoms with Crippen molar-refractivity contribution in [3.05, 3.63) is 52.0 Å². The van der Waals surface area contributed by atoms with Crippen molar-refractivity contribution in [3.8, 4) is 0 Å². The third kappa shape index (κ3) is 2.85. The number of hydrogen-bond acceptors (Lipinski definition) is 3. The highest BCUT2D eigenvalue weighted by molar-refractivity contribution is 7.93. The third-order valence-electron chi connectivity index (χ3n) is 2.78. The third-order valence-corrected chi connectivity index (χ3v) is 5.10. The molecule has 0 aliphatic carbocycles. The van der Waals surface area contributed by atoms with Gasteiger partial charge in [0.1, 0.15) is 4.90 Å². The zero-order valence-electron chi connectivity index (χ0n) is 10.5. The van der Waals surface area contributed by atoms with Gasteiger partial charge in [0.2, 0.25) is 0 Å². The SMILES string of the molecule is Cc1c(Cl)cccc1NS(=O)(=O)c1c(N)cccc1Cl. The van der Waals surface area contributed by atoms with Gasteiger partial charge < -0.3 is 5.73 Å². The zero-order valence-corrected chi connectivity index (χ0v) is 12.9. The van der Waals surface area contributed by atoms with Gasteiger partial charge in [-0.1, -0.05) is 35.3 Å². The molecule has 7 heteroatoms. The van der Waals surface area contributed by atoms with E-state index in [1.807, 2.05) is 0 Å². The van der Waals surface area contributed by atoms with Crippen LogP contribution in [0.15, 0.2) is 41.3 Å². The summed E-state index contributed by atoms with van der Waals surface area (Å²) in [7, 11) is -3.88. The molecule has 0 atom stereocenters. The summed E-state index contributed by atoms with van der Waals surface area (Å²) in [4.78, 5) is -0.138. The van der Waals surface area contributed by atoms with E-state index < -0.39 is 10.0 Å². The molecule has 0 bridgehead atoms. The molecule has 0 saturated heterocycles. The summed E-state index contributed by atoms with van der Waals surface area (Å²) < 4.78 is 27.2. The van der Waals surface area contributed by atoms with E-state index in [1.165, 1.54) is 12.1 Å². The lowest BCUT2D eigenvalue weighted by atomic mass is 10.2. The Morgan fingerprint density at radius 1 is 1.05 bits per heavy atom. The molecule has 0 amide bonds. The second-order valence-electron chi connectivity index (χ2n) is 4.18. The minimum atomic E-state index is -3.88. The first-order valence-electron chi connectivity index (χ1n) is 5.65. The molecule has 2 rings (SSSR count). The van der Waals surface area contributed by atoms with Gasteiger partial charge in [0.05, 0.1) is 16.4 Å². The van der Waals surface area contributed by atoms with Crippen LogP contribution in [0, 0.1) is 6.92 Å². The van der Waals surface area contributed by atoms with Crippen molar-refractivity contribution >= 4 is 44.6 Å². The molecule has 0 aliphatic rings. The Bertz CT molecular complexity index is 741. The van der Waals surface area contributed by atoms with E-state index in [9.17, 15) is 8.42 Å². The molecular formula is C13H12Cl2N2O2S. The highest BCUT2D eigenvalue weighted by atomic mass is 35.5. The van der Waals surface area contributed by atoms with Crippen molar-refractivity contribution in [2.45, 2.75) is 11.8 Å². The Kier molecular flexibility index (Phi) is 4.13. The summed E-state index contributed by atoms with van der Waals surface area (Å²) in [5.41, 5.74) is 6.80. The largest absolute Gasteiger partial charge is 0.398 e. The topological polar surface area (TPSA) is 72.2 Å². The van der Waals surface area contributed by atoms with Crippen LogP contribution in [0.1, 0.15) is 5.56 Å². The number of halogens is 2. The van der Waals surface area contributed by atoms with Crippen molar-refractivity contribution in [1.82, 2.24) is 0 Å². The van der Waals surface area contributed by atoms with Crippen molar-refractivity contribution < 1.29 is 8.42 Å². The Labute approximate surface area is 127 Å². The van der Waals surface area contributed by atoms with Gasteiger partial charge in [0.25, 0.3) is 10.0 Å². The molecule has 0 unspecified atom stereocenters. The average molecular weight is 331 g/mol. The molecule has 2 aromatic carbocycles. The fourth-order valence-corrected chi connectivity index (χ4v) is 3.70. The fraction of sp³-hybridized carbons (Fsp3) is 0.0769. The summed E-state index contributed by atoms with van der Waals surface area (Å²) >= 11 is 11.9. The van der Waals surface area contributed by atoms with Gasteiger partial charge in [0.15, 0.2) is 0 Å². The van der Waals surface area contributed by atoms with Crippen molar-refractivity contribution in [2.24, 2.45) is 0 Å². The maximum absolute atomic E-state index is 12.4. The molecule has 2 aromatic rings. The standard InChI is InChI=1S/C13H12Cl2N2O2S/c1-8-9(14)4-3-7-12(8)17-20(18,19)13-10(15)5-2-6-11(13)16/h2-7,17H,16H2,1H3. The predicted octanol–water partition coefficient (Wildman–Crippen LogP) is 3.68. The van der Waals surface area contributed by atoms with E-state index in [1.54, 1.807) is 31.2 Å². The molecule has 4 nitrogen and oxygen atoms in total. The van der Waals surface area contributed by atoms with E-state index in [2.05, 4.69) is 4.72 Å². The quantitative estimate of drug-likeness (QED) is 0.843. The number of hydrogen-bond donors (Lipinski definition) is 2. The zero-order chi connectivity index (χ0) is 14.9. The van der Waals surface area contributed by atoms with Gasteiger partial charge in [-0.05, 0) is 36.8 Å². The van der Waals surface area contributed by atoms with Gasteiger partial charge in [-0.15, -0.1) is 0 Å². The average Bonchev–Trinajstić information content (AvgIpc) is 2.34. The molecule has 3 N–H and O–H groups in total. The van der Waals surface area contributed by atoms with E-state index in [0.717, 1.165) is 0 Å². The molecule has 20 heavy (non-hydrogen) atoms. The van der Waals surface area contributed by atoms with Crippen LogP contribution >= 0.6 is 23.2 Å². The summed E-state index contributed by atoms with van der Waals surface area (Å²) in [6.07, 6.45) is 0. The van der Waals surface area contributed by atoms with Gasteiger partial charge in [-0.2, -0.15) is 0 Å². The van der Waals surface area contributed by atoms with Crippen molar-refractivity contribution in [2.75, 3.05) is 10.5 Å². The number of anilines is 2. The van der Waals surface area contributed by atoms with Crippen LogP contribution in [-0.2, 0) is 10.0 Å². The highest BCUT2D eigenvalue weighted by Gasteiger charge is 2.22. The van der Waals surface area contributed by atoms with E-state index in [0.29, 0.717) is 16.3 Å². The molecule has 106 valence electrons. The first kappa shape index (κ1) is 15.0. The summed E-state index contributed by atoms with van der Waals surface area (Å²) in [6.45, 7) is 1.72. The molecule has 0 spiro atoms. The first-order chi connectivity index (χ1) is 9.33. The monoisotopic (exact) mass is 330 g/mol. The molecule has 0 fully saturated rings. The number of sulfonamides is 1. The highest BCUT2D eigenvalue weighted by Crippen LogP contribution is 2.31. The minimum Gasteiger partial charge on any atom is -0.398 e. The van der Waals surface area contributed by atoms with Crippen LogP contribution in [0.2, 0.25) is 10.0 Å². The van der Waals surface area contributed by atoms with Crippen LogP contribution in [0.3, 0.4) is 0 Å². The smallest absolute Gasteiger partial charge is 0.265 e. The predicted molar refractivity (Wildman–Crippen MR) is 82.9 cm³/mol. The Hall–Kier alpha value is -1.43. The molecule has 0 saturated carbocycles. The van der Waals surface area contributed by atoms with Crippen molar-refractivity contribution in [3.63, 3.8) is 0 Å². The van der Waals surface area contributed by atoms with Crippen LogP contribution < -0.4 is 10.5 Å². The number of nitrogens with two attached hydrogens (primary N) is 1. The van der Waals surface area contributed by atoms with Crippen LogP contribution in [0.25, 0.3) is 0 Å². The van der Waals surface area contributed by atoms with E-state index in [-0.39, 0.29) is 15.6 Å². The Balaban J connectivity index is 2.50. The number of rotatable bonds is 3. The van der Waals surface area contributed by atoms with Crippen molar-refractivity contribution in [1.29, 1.82) is 0 Å². The van der Waals surface area contributed by atoms with Crippen LogP contribution in [-0.4, -0.2) is 8.42 Å². The molecule has 0 aliphatic heterocycles. The van der Waals surface area contributed by atoms with Gasteiger partial charge in [-0.3, -0.25) is 4.72 Å². The van der Waals surface area contributed by atoms with Crippen LogP contribution in [0.5, 0.6) is 0 Å². The van der Waals surface area contributed by atoms with Crippen LogP contribution in [0.4, 0.5) is 11.4 Å². The van der Waals surface area contributed by atoms with E-state index in [4.69, 9.17) is 28.9 Å². The maximum atomic E-state index is 12.4. The molecule has 0 aromatic heterocycles. The minimum absolute atomic E-state index is 0.0668. The molecule has 0 heterocycles. The summed E-state index contributed by atoms with van der Waals surface area (Å²) in [5.74, 6) is 0. The molecular weight excluding hydrogens is 319 g/mol. The number of benzene rings is 2. The Morgan fingerprint density at radius 3 is 2.30 bits per heavy atom. The molecule has 0 radical (unpaired) electrons. The first-order valence-corrected chi connectivity index (χ1v) is 7.89. The number of nitrogens with one attached hydrogen (secondary N) is 1. The normalized spacial score (nSPS) is 11.3. The summed E-state index contributed by atoms with van der Waals surface area (Å²) in [6, 6.07) is 9.48. The summed E-state index contributed by atoms with van der Waals surface area (Å²) in [5, 5.41) is 0.537. The lowest BCUT2D eigenvalue weighted by Crippen LogP contribution is -2.16. The second-order valence-corrected chi connectivity index (χ2v) is 6.61.